The summed E-state index contributed by atoms with van der Waals surface area (Å²) in [7, 11) is 0. The summed E-state index contributed by atoms with van der Waals surface area (Å²) in [6.07, 6.45) is 7.74. The zero-order chi connectivity index (χ0) is 8.28. The zero-order valence-corrected chi connectivity index (χ0v) is 7.77. The monoisotopic (exact) mass is 169 g/mol. The van der Waals surface area contributed by atoms with Crippen molar-refractivity contribution in [2.45, 2.75) is 44.1 Å². The highest BCUT2D eigenvalue weighted by molar-refractivity contribution is 4.86. The summed E-state index contributed by atoms with van der Waals surface area (Å²) in [4.78, 5) is 0. The maximum absolute atomic E-state index is 5.89. The number of hydrogen-bond acceptors (Lipinski definition) is 2. The first kappa shape index (κ1) is 8.52. The van der Waals surface area contributed by atoms with Crippen LogP contribution in [0.3, 0.4) is 0 Å². The molecule has 0 bridgehead atoms. The van der Waals surface area contributed by atoms with E-state index in [-0.39, 0.29) is 0 Å². The summed E-state index contributed by atoms with van der Waals surface area (Å²) in [5.41, 5.74) is 0.308. The summed E-state index contributed by atoms with van der Waals surface area (Å²) >= 11 is 0. The molecule has 12 heavy (non-hydrogen) atoms. The molecular formula is C10H19NO. The number of hydrogen-bond donors (Lipinski definition) is 1. The van der Waals surface area contributed by atoms with Crippen LogP contribution in [0.4, 0.5) is 0 Å². The molecule has 2 aliphatic rings. The van der Waals surface area contributed by atoms with Crippen LogP contribution in [0.5, 0.6) is 0 Å². The van der Waals surface area contributed by atoms with Crippen molar-refractivity contribution >= 4 is 0 Å². The summed E-state index contributed by atoms with van der Waals surface area (Å²) in [6.45, 7) is 3.38. The second-order valence-electron chi connectivity index (χ2n) is 4.09. The second kappa shape index (κ2) is 3.75. The molecular weight excluding hydrogens is 150 g/mol. The zero-order valence-electron chi connectivity index (χ0n) is 7.77. The lowest BCUT2D eigenvalue weighted by molar-refractivity contribution is -0.0148. The Bertz CT molecular complexity index is 131. The van der Waals surface area contributed by atoms with Crippen LogP contribution in [0.2, 0.25) is 0 Å². The van der Waals surface area contributed by atoms with Crippen LogP contribution in [0.15, 0.2) is 0 Å². The number of nitrogens with one attached hydrogen (secondary N) is 1. The molecule has 0 aromatic rings. The van der Waals surface area contributed by atoms with Crippen molar-refractivity contribution in [3.8, 4) is 0 Å². The van der Waals surface area contributed by atoms with Gasteiger partial charge in [-0.3, -0.25) is 0 Å². The second-order valence-corrected chi connectivity index (χ2v) is 4.09. The van der Waals surface area contributed by atoms with Crippen molar-refractivity contribution in [1.29, 1.82) is 0 Å². The molecule has 1 spiro atoms. The van der Waals surface area contributed by atoms with Crippen molar-refractivity contribution in [2.75, 3.05) is 19.7 Å². The first-order valence-corrected chi connectivity index (χ1v) is 5.26. The van der Waals surface area contributed by atoms with Gasteiger partial charge in [0.15, 0.2) is 0 Å². The molecule has 2 fully saturated rings. The maximum atomic E-state index is 5.89. The van der Waals surface area contributed by atoms with E-state index in [4.69, 9.17) is 4.74 Å². The van der Waals surface area contributed by atoms with Gasteiger partial charge in [0.25, 0.3) is 0 Å². The molecule has 0 aromatic carbocycles. The first-order chi connectivity index (χ1) is 5.91. The standard InChI is InChI=1S/C10H19NO/c1-4-10(6-3-9-12-10)5-2-8-11-7-1/h11H,1-9H2. The highest BCUT2D eigenvalue weighted by Crippen LogP contribution is 2.34. The minimum absolute atomic E-state index is 0.308. The quantitative estimate of drug-likeness (QED) is 0.596. The van der Waals surface area contributed by atoms with Crippen LogP contribution in [0.1, 0.15) is 38.5 Å². The van der Waals surface area contributed by atoms with E-state index in [1.54, 1.807) is 0 Å². The van der Waals surface area contributed by atoms with Gasteiger partial charge >= 0.3 is 0 Å². The van der Waals surface area contributed by atoms with Crippen LogP contribution in [0, 0.1) is 0 Å². The molecule has 2 aliphatic heterocycles. The Labute approximate surface area is 74.7 Å². The Morgan fingerprint density at radius 2 is 1.58 bits per heavy atom. The van der Waals surface area contributed by atoms with Crippen LogP contribution < -0.4 is 5.32 Å². The molecule has 0 amide bonds. The summed E-state index contributed by atoms with van der Waals surface area (Å²) in [6, 6.07) is 0. The van der Waals surface area contributed by atoms with Gasteiger partial charge in [-0.05, 0) is 51.6 Å². The van der Waals surface area contributed by atoms with Gasteiger partial charge in [-0.25, -0.2) is 0 Å². The van der Waals surface area contributed by atoms with E-state index in [2.05, 4.69) is 5.32 Å². The molecule has 0 aromatic heterocycles. The fourth-order valence-corrected chi connectivity index (χ4v) is 2.47. The Kier molecular flexibility index (Phi) is 2.66. The van der Waals surface area contributed by atoms with Crippen molar-refractivity contribution in [3.63, 3.8) is 0 Å². The van der Waals surface area contributed by atoms with E-state index in [1.807, 2.05) is 0 Å². The third kappa shape index (κ3) is 1.80. The van der Waals surface area contributed by atoms with Crippen molar-refractivity contribution < 1.29 is 4.74 Å². The van der Waals surface area contributed by atoms with Gasteiger partial charge in [0.1, 0.15) is 0 Å². The van der Waals surface area contributed by atoms with Gasteiger partial charge in [-0.2, -0.15) is 0 Å². The fourth-order valence-electron chi connectivity index (χ4n) is 2.47. The molecule has 2 rings (SSSR count). The third-order valence-corrected chi connectivity index (χ3v) is 3.16. The molecule has 2 nitrogen and oxygen atoms in total. The molecule has 0 radical (unpaired) electrons. The molecule has 70 valence electrons. The van der Waals surface area contributed by atoms with Crippen LogP contribution in [-0.4, -0.2) is 25.3 Å². The summed E-state index contributed by atoms with van der Waals surface area (Å²) < 4.78 is 5.89. The van der Waals surface area contributed by atoms with Gasteiger partial charge in [-0.1, -0.05) is 0 Å². The smallest absolute Gasteiger partial charge is 0.0684 e. The predicted molar refractivity (Wildman–Crippen MR) is 49.3 cm³/mol. The molecule has 0 saturated carbocycles. The van der Waals surface area contributed by atoms with Crippen LogP contribution in [0.25, 0.3) is 0 Å². The van der Waals surface area contributed by atoms with Crippen molar-refractivity contribution in [3.05, 3.63) is 0 Å². The average molecular weight is 169 g/mol. The third-order valence-electron chi connectivity index (χ3n) is 3.16. The lowest BCUT2D eigenvalue weighted by Gasteiger charge is -2.30. The van der Waals surface area contributed by atoms with Crippen LogP contribution in [-0.2, 0) is 4.74 Å². The molecule has 2 heterocycles. The van der Waals surface area contributed by atoms with Gasteiger partial charge < -0.3 is 10.1 Å². The molecule has 0 atom stereocenters. The topological polar surface area (TPSA) is 21.3 Å². The number of rotatable bonds is 0. The Hall–Kier alpha value is -0.0800. The Balaban J connectivity index is 1.92. The lowest BCUT2D eigenvalue weighted by atomic mass is 9.88. The minimum Gasteiger partial charge on any atom is -0.375 e. The molecule has 0 unspecified atom stereocenters. The maximum Gasteiger partial charge on any atom is 0.0684 e. The average Bonchev–Trinajstić information content (AvgIpc) is 2.47. The predicted octanol–water partition coefficient (Wildman–Crippen LogP) is 1.70. The fraction of sp³-hybridized carbons (Fsp3) is 1.00. The highest BCUT2D eigenvalue weighted by Gasteiger charge is 2.34. The lowest BCUT2D eigenvalue weighted by Crippen LogP contribution is -2.33. The first-order valence-electron chi connectivity index (χ1n) is 5.26. The largest absolute Gasteiger partial charge is 0.375 e. The van der Waals surface area contributed by atoms with Crippen molar-refractivity contribution in [2.24, 2.45) is 0 Å². The van der Waals surface area contributed by atoms with E-state index in [0.29, 0.717) is 5.60 Å². The minimum atomic E-state index is 0.308. The van der Waals surface area contributed by atoms with E-state index in [9.17, 15) is 0 Å². The van der Waals surface area contributed by atoms with Gasteiger partial charge in [0.05, 0.1) is 5.60 Å². The van der Waals surface area contributed by atoms with E-state index >= 15 is 0 Å². The van der Waals surface area contributed by atoms with E-state index in [1.165, 1.54) is 51.6 Å². The summed E-state index contributed by atoms with van der Waals surface area (Å²) in [5.74, 6) is 0. The Morgan fingerprint density at radius 1 is 0.917 bits per heavy atom. The summed E-state index contributed by atoms with van der Waals surface area (Å²) in [5, 5.41) is 3.44. The highest BCUT2D eigenvalue weighted by atomic mass is 16.5. The molecule has 0 aliphatic carbocycles. The molecule has 1 N–H and O–H groups in total. The van der Waals surface area contributed by atoms with E-state index < -0.39 is 0 Å². The molecule has 2 saturated heterocycles. The molecule has 2 heteroatoms. The van der Waals surface area contributed by atoms with Gasteiger partial charge in [0, 0.05) is 6.61 Å². The SMILES string of the molecule is C1CNCCCC2(C1)CCCO2. The van der Waals surface area contributed by atoms with E-state index in [0.717, 1.165) is 6.61 Å². The van der Waals surface area contributed by atoms with Crippen molar-refractivity contribution in [1.82, 2.24) is 5.32 Å². The van der Waals surface area contributed by atoms with Gasteiger partial charge in [-0.15, -0.1) is 0 Å². The number of ether oxygens (including phenoxy) is 1. The van der Waals surface area contributed by atoms with Gasteiger partial charge in [0.2, 0.25) is 0 Å². The normalized spacial score (nSPS) is 30.0. The Morgan fingerprint density at radius 3 is 2.17 bits per heavy atom. The van der Waals surface area contributed by atoms with Crippen LogP contribution >= 0.6 is 0 Å².